The molecule has 1 heterocycles. The van der Waals surface area contributed by atoms with Crippen LogP contribution >= 0.6 is 11.8 Å². The van der Waals surface area contributed by atoms with Gasteiger partial charge in [0.15, 0.2) is 6.04 Å². The summed E-state index contributed by atoms with van der Waals surface area (Å²) in [4.78, 5) is 35.0. The fourth-order valence-corrected chi connectivity index (χ4v) is 4.08. The summed E-state index contributed by atoms with van der Waals surface area (Å²) in [5.74, 6) is -2.68. The minimum absolute atomic E-state index is 0.0633. The Morgan fingerprint density at radius 3 is 2.38 bits per heavy atom. The lowest BCUT2D eigenvalue weighted by Gasteiger charge is -2.22. The lowest BCUT2D eigenvalue weighted by molar-refractivity contribution is -0.143. The molecule has 24 heavy (non-hydrogen) atoms. The van der Waals surface area contributed by atoms with Crippen LogP contribution < -0.4 is 10.6 Å². The van der Waals surface area contributed by atoms with Crippen LogP contribution in [0.1, 0.15) is 19.4 Å². The van der Waals surface area contributed by atoms with Crippen LogP contribution in [0.2, 0.25) is 0 Å². The molecule has 7 nitrogen and oxygen atoms in total. The summed E-state index contributed by atoms with van der Waals surface area (Å²) in [6.07, 6.45) is 0.0633. The summed E-state index contributed by atoms with van der Waals surface area (Å²) in [6, 6.07) is 6.88. The highest BCUT2D eigenvalue weighted by Crippen LogP contribution is 2.39. The second-order valence-electron chi connectivity index (χ2n) is 6.13. The molecule has 0 spiro atoms. The van der Waals surface area contributed by atoms with E-state index in [2.05, 4.69) is 10.6 Å². The molecular formula is C16H20N2O5S. The number of benzene rings is 1. The third kappa shape index (κ3) is 4.27. The number of carboxylic acid groups (broad SMARTS) is 2. The van der Waals surface area contributed by atoms with Gasteiger partial charge in [0.25, 0.3) is 0 Å². The Balaban J connectivity index is 2.06. The molecule has 0 saturated carbocycles. The van der Waals surface area contributed by atoms with Crippen molar-refractivity contribution >= 4 is 29.6 Å². The fraction of sp³-hybridized carbons (Fsp3) is 0.438. The molecule has 0 aliphatic carbocycles. The molecule has 0 radical (unpaired) electrons. The van der Waals surface area contributed by atoms with E-state index in [-0.39, 0.29) is 6.42 Å². The second-order valence-corrected chi connectivity index (χ2v) is 7.92. The zero-order chi connectivity index (χ0) is 17.9. The maximum Gasteiger partial charge on any atom is 0.328 e. The van der Waals surface area contributed by atoms with Gasteiger partial charge in [0.05, 0.1) is 11.8 Å². The Hall–Kier alpha value is -2.06. The lowest BCUT2D eigenvalue weighted by Crippen LogP contribution is -2.54. The van der Waals surface area contributed by atoms with Crippen LogP contribution in [0.5, 0.6) is 0 Å². The maximum atomic E-state index is 12.1. The Morgan fingerprint density at radius 2 is 1.88 bits per heavy atom. The SMILES string of the molecule is CC1(C)S[C@H]([C@H](NC(=O)Cc2ccccc2)C(=O)O)N[C@H]1C(=O)O. The van der Waals surface area contributed by atoms with Gasteiger partial charge in [-0.25, -0.2) is 4.79 Å². The van der Waals surface area contributed by atoms with Gasteiger partial charge in [0.2, 0.25) is 5.91 Å². The van der Waals surface area contributed by atoms with Crippen LogP contribution in [0.25, 0.3) is 0 Å². The first kappa shape index (κ1) is 18.3. The van der Waals surface area contributed by atoms with Gasteiger partial charge in [-0.1, -0.05) is 30.3 Å². The average Bonchev–Trinajstić information content (AvgIpc) is 2.81. The molecule has 1 fully saturated rings. The molecule has 1 aliphatic heterocycles. The monoisotopic (exact) mass is 352 g/mol. The van der Waals surface area contributed by atoms with Crippen molar-refractivity contribution in [2.45, 2.75) is 42.5 Å². The molecule has 1 aromatic rings. The number of nitrogens with one attached hydrogen (secondary N) is 2. The largest absolute Gasteiger partial charge is 0.480 e. The van der Waals surface area contributed by atoms with E-state index in [4.69, 9.17) is 0 Å². The van der Waals surface area contributed by atoms with E-state index in [1.165, 1.54) is 11.8 Å². The van der Waals surface area contributed by atoms with E-state index >= 15 is 0 Å². The number of thioether (sulfide) groups is 1. The number of carbonyl (C=O) groups excluding carboxylic acids is 1. The number of hydrogen-bond acceptors (Lipinski definition) is 5. The van der Waals surface area contributed by atoms with E-state index in [9.17, 15) is 24.6 Å². The molecule has 0 unspecified atom stereocenters. The van der Waals surface area contributed by atoms with E-state index in [0.29, 0.717) is 0 Å². The number of amides is 1. The molecule has 4 N–H and O–H groups in total. The van der Waals surface area contributed by atoms with Crippen molar-refractivity contribution in [3.8, 4) is 0 Å². The van der Waals surface area contributed by atoms with Gasteiger partial charge >= 0.3 is 11.9 Å². The maximum absolute atomic E-state index is 12.1. The van der Waals surface area contributed by atoms with Gasteiger partial charge in [0.1, 0.15) is 6.04 Å². The van der Waals surface area contributed by atoms with Crippen molar-refractivity contribution in [2.24, 2.45) is 0 Å². The molecule has 1 amide bonds. The van der Waals surface area contributed by atoms with Crippen LogP contribution in [-0.4, -0.2) is 50.3 Å². The van der Waals surface area contributed by atoms with E-state index in [1.54, 1.807) is 38.1 Å². The highest BCUT2D eigenvalue weighted by molar-refractivity contribution is 8.01. The lowest BCUT2D eigenvalue weighted by atomic mass is 10.0. The fourth-order valence-electron chi connectivity index (χ4n) is 2.60. The summed E-state index contributed by atoms with van der Waals surface area (Å²) in [6.45, 7) is 3.46. The van der Waals surface area contributed by atoms with Crippen molar-refractivity contribution in [3.63, 3.8) is 0 Å². The molecule has 1 saturated heterocycles. The molecule has 2 rings (SSSR count). The highest BCUT2D eigenvalue weighted by atomic mass is 32.2. The number of carboxylic acids is 2. The number of carbonyl (C=O) groups is 3. The van der Waals surface area contributed by atoms with Crippen LogP contribution in [0.15, 0.2) is 30.3 Å². The first-order valence-electron chi connectivity index (χ1n) is 7.43. The molecule has 130 valence electrons. The minimum atomic E-state index is -1.21. The van der Waals surface area contributed by atoms with Gasteiger partial charge in [0, 0.05) is 4.75 Å². The molecule has 1 aliphatic rings. The van der Waals surface area contributed by atoms with Gasteiger partial charge in [-0.15, -0.1) is 11.8 Å². The summed E-state index contributed by atoms with van der Waals surface area (Å²) in [5.41, 5.74) is 0.773. The Morgan fingerprint density at radius 1 is 1.25 bits per heavy atom. The third-order valence-corrected chi connectivity index (χ3v) is 5.30. The van der Waals surface area contributed by atoms with E-state index < -0.39 is 40.1 Å². The van der Waals surface area contributed by atoms with Crippen LogP contribution in [-0.2, 0) is 20.8 Å². The Labute approximate surface area is 143 Å². The van der Waals surface area contributed by atoms with E-state index in [1.807, 2.05) is 6.07 Å². The predicted octanol–water partition coefficient (Wildman–Crippen LogP) is 0.693. The first-order valence-corrected chi connectivity index (χ1v) is 8.31. The van der Waals surface area contributed by atoms with E-state index in [0.717, 1.165) is 5.56 Å². The van der Waals surface area contributed by atoms with Crippen molar-refractivity contribution in [1.82, 2.24) is 10.6 Å². The van der Waals surface area contributed by atoms with Crippen LogP contribution in [0.4, 0.5) is 0 Å². The van der Waals surface area contributed by atoms with Crippen molar-refractivity contribution in [2.75, 3.05) is 0 Å². The number of hydrogen-bond donors (Lipinski definition) is 4. The average molecular weight is 352 g/mol. The van der Waals surface area contributed by atoms with Crippen molar-refractivity contribution in [3.05, 3.63) is 35.9 Å². The van der Waals surface area contributed by atoms with Crippen molar-refractivity contribution in [1.29, 1.82) is 0 Å². The van der Waals surface area contributed by atoms with Crippen molar-refractivity contribution < 1.29 is 24.6 Å². The summed E-state index contributed by atoms with van der Waals surface area (Å²) in [5, 5.41) is 23.2. The number of rotatable bonds is 6. The predicted molar refractivity (Wildman–Crippen MR) is 89.7 cm³/mol. The molecule has 0 bridgehead atoms. The molecule has 1 aromatic carbocycles. The Kier molecular flexibility index (Phi) is 5.51. The third-order valence-electron chi connectivity index (χ3n) is 3.80. The summed E-state index contributed by atoms with van der Waals surface area (Å²) in [7, 11) is 0. The van der Waals surface area contributed by atoms with Gasteiger partial charge in [-0.2, -0.15) is 0 Å². The molecule has 8 heteroatoms. The summed E-state index contributed by atoms with van der Waals surface area (Å²) >= 11 is 1.20. The van der Waals surface area contributed by atoms with Gasteiger partial charge in [-0.3, -0.25) is 14.9 Å². The van der Waals surface area contributed by atoms with Gasteiger partial charge in [-0.05, 0) is 19.4 Å². The van der Waals surface area contributed by atoms with Crippen LogP contribution in [0, 0.1) is 0 Å². The summed E-state index contributed by atoms with van der Waals surface area (Å²) < 4.78 is -0.686. The zero-order valence-corrected chi connectivity index (χ0v) is 14.2. The normalized spacial score (nSPS) is 23.4. The van der Waals surface area contributed by atoms with Crippen LogP contribution in [0.3, 0.4) is 0 Å². The standard InChI is InChI=1S/C16H20N2O5S/c1-16(2)12(15(22)23)18-13(24-16)11(14(20)21)17-10(19)8-9-6-4-3-5-7-9/h3-7,11-13,18H,8H2,1-2H3,(H,17,19)(H,20,21)(H,22,23)/t11-,12-,13+/m0/s1. The quantitative estimate of drug-likeness (QED) is 0.595. The minimum Gasteiger partial charge on any atom is -0.480 e. The zero-order valence-electron chi connectivity index (χ0n) is 13.4. The molecular weight excluding hydrogens is 332 g/mol. The highest BCUT2D eigenvalue weighted by Gasteiger charge is 2.49. The molecule has 0 aromatic heterocycles. The first-order chi connectivity index (χ1) is 11.2. The topological polar surface area (TPSA) is 116 Å². The Bertz CT molecular complexity index is 635. The number of aliphatic carboxylic acids is 2. The second kappa shape index (κ2) is 7.23. The smallest absolute Gasteiger partial charge is 0.328 e. The van der Waals surface area contributed by atoms with Gasteiger partial charge < -0.3 is 15.5 Å². The molecule has 3 atom stereocenters.